The molecule has 0 amide bonds. The van der Waals surface area contributed by atoms with Crippen molar-refractivity contribution in [2.75, 3.05) is 0 Å². The van der Waals surface area contributed by atoms with Crippen molar-refractivity contribution >= 4 is 5.78 Å². The molecule has 13 heavy (non-hydrogen) atoms. The van der Waals surface area contributed by atoms with Crippen molar-refractivity contribution < 1.29 is 9.21 Å². The number of Topliss-reactive ketones (excluding diaryl/α,β-unsaturated/α-hetero) is 1. The van der Waals surface area contributed by atoms with Crippen LogP contribution in [0.25, 0.3) is 0 Å². The summed E-state index contributed by atoms with van der Waals surface area (Å²) >= 11 is 0. The van der Waals surface area contributed by atoms with Gasteiger partial charge in [-0.05, 0) is 18.6 Å². The number of rotatable bonds is 4. The lowest BCUT2D eigenvalue weighted by Crippen LogP contribution is -2.24. The Kier molecular flexibility index (Phi) is 2.91. The van der Waals surface area contributed by atoms with E-state index in [1.54, 1.807) is 6.26 Å². The molecule has 0 aliphatic carbocycles. The minimum atomic E-state index is -0.229. The molecule has 1 aromatic rings. The lowest BCUT2D eigenvalue weighted by molar-refractivity contribution is -0.126. The average molecular weight is 180 g/mol. The average Bonchev–Trinajstić information content (AvgIpc) is 2.57. The largest absolute Gasteiger partial charge is 0.469 e. The zero-order chi connectivity index (χ0) is 9.90. The third-order valence-corrected chi connectivity index (χ3v) is 2.55. The molecule has 1 rings (SSSR count). The maximum atomic E-state index is 11.7. The van der Waals surface area contributed by atoms with E-state index in [-0.39, 0.29) is 11.2 Å². The van der Waals surface area contributed by atoms with Crippen LogP contribution in [0.5, 0.6) is 0 Å². The Morgan fingerprint density at radius 3 is 2.69 bits per heavy atom. The highest BCUT2D eigenvalue weighted by molar-refractivity contribution is 5.85. The number of ketones is 1. The summed E-state index contributed by atoms with van der Waals surface area (Å²) in [6.45, 7) is 5.97. The van der Waals surface area contributed by atoms with Gasteiger partial charge < -0.3 is 4.42 Å². The van der Waals surface area contributed by atoms with Crippen LogP contribution in [-0.4, -0.2) is 5.78 Å². The Bertz CT molecular complexity index is 270. The van der Waals surface area contributed by atoms with Gasteiger partial charge in [0.1, 0.15) is 11.5 Å². The molecule has 72 valence electrons. The first-order chi connectivity index (χ1) is 6.06. The molecule has 2 heteroatoms. The fourth-order valence-electron chi connectivity index (χ4n) is 1.01. The highest BCUT2D eigenvalue weighted by Gasteiger charge is 2.25. The topological polar surface area (TPSA) is 30.2 Å². The van der Waals surface area contributed by atoms with E-state index in [1.165, 1.54) is 0 Å². The minimum Gasteiger partial charge on any atom is -0.469 e. The van der Waals surface area contributed by atoms with Crippen LogP contribution in [-0.2, 0) is 11.2 Å². The number of hydrogen-bond acceptors (Lipinski definition) is 2. The van der Waals surface area contributed by atoms with Crippen LogP contribution in [0.4, 0.5) is 0 Å². The summed E-state index contributed by atoms with van der Waals surface area (Å²) in [4.78, 5) is 11.7. The van der Waals surface area contributed by atoms with Gasteiger partial charge in [-0.2, -0.15) is 0 Å². The standard InChI is InChI=1S/C11H16O2/c1-4-11(2,3)10(12)8-9-6-5-7-13-9/h5-7H,4,8H2,1-3H3. The lowest BCUT2D eigenvalue weighted by Gasteiger charge is -2.19. The molecule has 0 aliphatic heterocycles. The van der Waals surface area contributed by atoms with Gasteiger partial charge in [0.25, 0.3) is 0 Å². The van der Waals surface area contributed by atoms with Gasteiger partial charge in [0.05, 0.1) is 12.7 Å². The first-order valence-electron chi connectivity index (χ1n) is 4.62. The molecule has 0 aliphatic rings. The van der Waals surface area contributed by atoms with Crippen LogP contribution < -0.4 is 0 Å². The Balaban J connectivity index is 2.61. The first-order valence-corrected chi connectivity index (χ1v) is 4.62. The van der Waals surface area contributed by atoms with Crippen molar-refractivity contribution in [3.8, 4) is 0 Å². The van der Waals surface area contributed by atoms with Crippen molar-refractivity contribution in [1.29, 1.82) is 0 Å². The summed E-state index contributed by atoms with van der Waals surface area (Å²) in [7, 11) is 0. The molecule has 0 unspecified atom stereocenters. The third-order valence-electron chi connectivity index (χ3n) is 2.55. The predicted octanol–water partition coefficient (Wildman–Crippen LogP) is 2.83. The van der Waals surface area contributed by atoms with E-state index in [9.17, 15) is 4.79 Å². The molecule has 0 spiro atoms. The van der Waals surface area contributed by atoms with E-state index >= 15 is 0 Å². The number of furan rings is 1. The first kappa shape index (κ1) is 10.0. The van der Waals surface area contributed by atoms with Crippen molar-refractivity contribution in [1.82, 2.24) is 0 Å². The van der Waals surface area contributed by atoms with Crippen LogP contribution in [0, 0.1) is 5.41 Å². The third kappa shape index (κ3) is 2.44. The van der Waals surface area contributed by atoms with Crippen LogP contribution >= 0.6 is 0 Å². The molecular weight excluding hydrogens is 164 g/mol. The predicted molar refractivity (Wildman–Crippen MR) is 51.5 cm³/mol. The molecule has 0 atom stereocenters. The van der Waals surface area contributed by atoms with Gasteiger partial charge in [0, 0.05) is 5.41 Å². The van der Waals surface area contributed by atoms with E-state index in [1.807, 2.05) is 32.9 Å². The number of carbonyl (C=O) groups excluding carboxylic acids is 1. The summed E-state index contributed by atoms with van der Waals surface area (Å²) in [5, 5.41) is 0. The van der Waals surface area contributed by atoms with Gasteiger partial charge in [0.15, 0.2) is 0 Å². The van der Waals surface area contributed by atoms with Gasteiger partial charge in [-0.25, -0.2) is 0 Å². The molecule has 0 fully saturated rings. The molecular formula is C11H16O2. The fraction of sp³-hybridized carbons (Fsp3) is 0.545. The molecule has 1 aromatic heterocycles. The van der Waals surface area contributed by atoms with Crippen LogP contribution in [0.15, 0.2) is 22.8 Å². The molecule has 0 saturated carbocycles. The fourth-order valence-corrected chi connectivity index (χ4v) is 1.01. The Morgan fingerprint density at radius 2 is 2.23 bits per heavy atom. The summed E-state index contributed by atoms with van der Waals surface area (Å²) in [5.41, 5.74) is -0.229. The molecule has 0 bridgehead atoms. The lowest BCUT2D eigenvalue weighted by atomic mass is 9.83. The van der Waals surface area contributed by atoms with Crippen molar-refractivity contribution in [2.45, 2.75) is 33.6 Å². The number of hydrogen-bond donors (Lipinski definition) is 0. The molecule has 0 radical (unpaired) electrons. The maximum Gasteiger partial charge on any atom is 0.145 e. The van der Waals surface area contributed by atoms with Gasteiger partial charge in [-0.15, -0.1) is 0 Å². The van der Waals surface area contributed by atoms with Crippen LogP contribution in [0.1, 0.15) is 33.0 Å². The Morgan fingerprint density at radius 1 is 1.54 bits per heavy atom. The van der Waals surface area contributed by atoms with Crippen molar-refractivity contribution in [2.24, 2.45) is 5.41 Å². The smallest absolute Gasteiger partial charge is 0.145 e. The zero-order valence-electron chi connectivity index (χ0n) is 8.46. The molecule has 0 saturated heterocycles. The summed E-state index contributed by atoms with van der Waals surface area (Å²) in [5.74, 6) is 0.997. The van der Waals surface area contributed by atoms with Gasteiger partial charge >= 0.3 is 0 Å². The Labute approximate surface area is 78.9 Å². The van der Waals surface area contributed by atoms with Crippen LogP contribution in [0.3, 0.4) is 0 Å². The van der Waals surface area contributed by atoms with E-state index in [2.05, 4.69) is 0 Å². The van der Waals surface area contributed by atoms with Crippen molar-refractivity contribution in [3.05, 3.63) is 24.2 Å². The highest BCUT2D eigenvalue weighted by atomic mass is 16.3. The summed E-state index contributed by atoms with van der Waals surface area (Å²) in [6, 6.07) is 3.64. The molecule has 2 nitrogen and oxygen atoms in total. The molecule has 0 N–H and O–H groups in total. The maximum absolute atomic E-state index is 11.7. The van der Waals surface area contributed by atoms with Gasteiger partial charge in [-0.3, -0.25) is 4.79 Å². The van der Waals surface area contributed by atoms with Crippen LogP contribution in [0.2, 0.25) is 0 Å². The quantitative estimate of drug-likeness (QED) is 0.713. The van der Waals surface area contributed by atoms with Gasteiger partial charge in [-0.1, -0.05) is 20.8 Å². The Hall–Kier alpha value is -1.05. The summed E-state index contributed by atoms with van der Waals surface area (Å²) < 4.78 is 5.12. The van der Waals surface area contributed by atoms with E-state index in [0.717, 1.165) is 12.2 Å². The zero-order valence-corrected chi connectivity index (χ0v) is 8.46. The van der Waals surface area contributed by atoms with E-state index in [4.69, 9.17) is 4.42 Å². The van der Waals surface area contributed by atoms with E-state index in [0.29, 0.717) is 6.42 Å². The second kappa shape index (κ2) is 3.77. The molecule has 0 aromatic carbocycles. The second-order valence-electron chi connectivity index (χ2n) is 3.92. The second-order valence-corrected chi connectivity index (χ2v) is 3.92. The molecule has 1 heterocycles. The van der Waals surface area contributed by atoms with Gasteiger partial charge in [0.2, 0.25) is 0 Å². The minimum absolute atomic E-state index is 0.229. The SMILES string of the molecule is CCC(C)(C)C(=O)Cc1ccco1. The van der Waals surface area contributed by atoms with Crippen molar-refractivity contribution in [3.63, 3.8) is 0 Å². The number of carbonyl (C=O) groups is 1. The normalized spacial score (nSPS) is 11.6. The summed E-state index contributed by atoms with van der Waals surface area (Å²) in [6.07, 6.45) is 2.88. The van der Waals surface area contributed by atoms with E-state index < -0.39 is 0 Å². The monoisotopic (exact) mass is 180 g/mol. The highest BCUT2D eigenvalue weighted by Crippen LogP contribution is 2.23.